The van der Waals surface area contributed by atoms with Gasteiger partial charge in [-0.15, -0.1) is 0 Å². The molecule has 0 amide bonds. The predicted molar refractivity (Wildman–Crippen MR) is 73.6 cm³/mol. The number of hydrogen-bond acceptors (Lipinski definition) is 0. The molecule has 4 unspecified atom stereocenters. The number of hydrogen-bond donors (Lipinski definition) is 0. The molecule has 96 valence electrons. The maximum absolute atomic E-state index is 2.46. The molecule has 0 aromatic heterocycles. The zero-order valence-corrected chi connectivity index (χ0v) is 12.0. The fourth-order valence-electron chi connectivity index (χ4n) is 3.14. The quantitative estimate of drug-likeness (QED) is 0.473. The first-order chi connectivity index (χ1) is 7.67. The van der Waals surface area contributed by atoms with Gasteiger partial charge in [0.2, 0.25) is 0 Å². The minimum atomic E-state index is 0.955. The highest BCUT2D eigenvalue weighted by Gasteiger charge is 2.34. The van der Waals surface area contributed by atoms with Crippen molar-refractivity contribution in [1.29, 1.82) is 0 Å². The van der Waals surface area contributed by atoms with E-state index in [0.717, 1.165) is 23.7 Å². The highest BCUT2D eigenvalue weighted by atomic mass is 14.4. The number of unbranched alkanes of at least 4 members (excludes halogenated alkanes) is 1. The Bertz CT molecular complexity index is 173. The van der Waals surface area contributed by atoms with Gasteiger partial charge in [0.1, 0.15) is 0 Å². The minimum Gasteiger partial charge on any atom is -0.0654 e. The van der Waals surface area contributed by atoms with Crippen LogP contribution in [0.15, 0.2) is 0 Å². The van der Waals surface area contributed by atoms with Crippen molar-refractivity contribution in [2.75, 3.05) is 0 Å². The van der Waals surface area contributed by atoms with Gasteiger partial charge in [0.25, 0.3) is 0 Å². The summed E-state index contributed by atoms with van der Waals surface area (Å²) in [5, 5.41) is 0. The fourth-order valence-corrected chi connectivity index (χ4v) is 3.14. The molecule has 0 aromatic carbocycles. The molecule has 4 atom stereocenters. The maximum Gasteiger partial charge on any atom is -0.0383 e. The molecule has 0 nitrogen and oxygen atoms in total. The average molecular weight is 224 g/mol. The number of rotatable bonds is 9. The van der Waals surface area contributed by atoms with Gasteiger partial charge in [-0.05, 0) is 42.9 Å². The lowest BCUT2D eigenvalue weighted by Gasteiger charge is -2.16. The summed E-state index contributed by atoms with van der Waals surface area (Å²) in [5.74, 6) is 4.13. The predicted octanol–water partition coefficient (Wildman–Crippen LogP) is 5.67. The van der Waals surface area contributed by atoms with Crippen LogP contribution in [-0.2, 0) is 0 Å². The smallest absolute Gasteiger partial charge is 0.0383 e. The first-order valence-electron chi connectivity index (χ1n) is 7.67. The summed E-state index contributed by atoms with van der Waals surface area (Å²) < 4.78 is 0. The maximum atomic E-state index is 2.46. The van der Waals surface area contributed by atoms with Crippen LogP contribution < -0.4 is 0 Å². The Morgan fingerprint density at radius 3 is 2.25 bits per heavy atom. The Labute approximate surface area is 103 Å². The highest BCUT2D eigenvalue weighted by Crippen LogP contribution is 2.45. The van der Waals surface area contributed by atoms with Crippen LogP contribution >= 0.6 is 0 Å². The van der Waals surface area contributed by atoms with E-state index in [0.29, 0.717) is 0 Å². The van der Waals surface area contributed by atoms with Gasteiger partial charge in [-0.3, -0.25) is 0 Å². The summed E-state index contributed by atoms with van der Waals surface area (Å²) in [6, 6.07) is 0. The molecule has 0 bridgehead atoms. The van der Waals surface area contributed by atoms with E-state index in [1.807, 2.05) is 0 Å². The van der Waals surface area contributed by atoms with Crippen LogP contribution in [0.3, 0.4) is 0 Å². The lowest BCUT2D eigenvalue weighted by atomic mass is 9.89. The largest absolute Gasteiger partial charge is 0.0654 e. The monoisotopic (exact) mass is 224 g/mol. The second-order valence-electron chi connectivity index (χ2n) is 6.33. The van der Waals surface area contributed by atoms with Crippen molar-refractivity contribution in [3.63, 3.8) is 0 Å². The first kappa shape index (κ1) is 14.1. The Kier molecular flexibility index (Phi) is 6.46. The SMILES string of the molecule is CCCCC(C)CC(C)CCC1CC1CC. The lowest BCUT2D eigenvalue weighted by molar-refractivity contribution is 0.356. The molecule has 1 aliphatic rings. The molecule has 0 heteroatoms. The van der Waals surface area contributed by atoms with Crippen LogP contribution in [0.25, 0.3) is 0 Å². The van der Waals surface area contributed by atoms with Crippen LogP contribution in [-0.4, -0.2) is 0 Å². The van der Waals surface area contributed by atoms with E-state index < -0.39 is 0 Å². The van der Waals surface area contributed by atoms with Crippen LogP contribution in [0.5, 0.6) is 0 Å². The third kappa shape index (κ3) is 5.37. The summed E-state index contributed by atoms with van der Waals surface area (Å²) in [6.45, 7) is 9.55. The topological polar surface area (TPSA) is 0 Å². The molecular weight excluding hydrogens is 192 g/mol. The van der Waals surface area contributed by atoms with E-state index in [9.17, 15) is 0 Å². The molecule has 0 N–H and O–H groups in total. The summed E-state index contributed by atoms with van der Waals surface area (Å²) in [6.07, 6.45) is 11.6. The summed E-state index contributed by atoms with van der Waals surface area (Å²) >= 11 is 0. The summed E-state index contributed by atoms with van der Waals surface area (Å²) in [7, 11) is 0. The van der Waals surface area contributed by atoms with Crippen molar-refractivity contribution in [3.8, 4) is 0 Å². The van der Waals surface area contributed by atoms with Crippen molar-refractivity contribution >= 4 is 0 Å². The molecule has 0 spiro atoms. The van der Waals surface area contributed by atoms with Crippen molar-refractivity contribution in [2.45, 2.75) is 79.1 Å². The molecule has 1 rings (SSSR count). The van der Waals surface area contributed by atoms with E-state index in [1.54, 1.807) is 0 Å². The van der Waals surface area contributed by atoms with Crippen molar-refractivity contribution < 1.29 is 0 Å². The van der Waals surface area contributed by atoms with E-state index in [2.05, 4.69) is 27.7 Å². The van der Waals surface area contributed by atoms with Gasteiger partial charge >= 0.3 is 0 Å². The molecule has 1 fully saturated rings. The van der Waals surface area contributed by atoms with Gasteiger partial charge in [0.05, 0.1) is 0 Å². The fraction of sp³-hybridized carbons (Fsp3) is 1.00. The van der Waals surface area contributed by atoms with Gasteiger partial charge in [0.15, 0.2) is 0 Å². The Balaban J connectivity index is 2.00. The molecule has 0 heterocycles. The molecule has 1 saturated carbocycles. The first-order valence-corrected chi connectivity index (χ1v) is 7.67. The van der Waals surface area contributed by atoms with Gasteiger partial charge in [0, 0.05) is 0 Å². The second kappa shape index (κ2) is 7.35. The zero-order valence-electron chi connectivity index (χ0n) is 12.0. The Hall–Kier alpha value is 0. The van der Waals surface area contributed by atoms with Gasteiger partial charge in [-0.1, -0.05) is 59.8 Å². The summed E-state index contributed by atoms with van der Waals surface area (Å²) in [5.41, 5.74) is 0. The van der Waals surface area contributed by atoms with Crippen molar-refractivity contribution in [1.82, 2.24) is 0 Å². The molecule has 0 saturated heterocycles. The third-order valence-corrected chi connectivity index (χ3v) is 4.48. The lowest BCUT2D eigenvalue weighted by Crippen LogP contribution is -2.04. The normalized spacial score (nSPS) is 27.8. The average Bonchev–Trinajstić information content (AvgIpc) is 3.02. The summed E-state index contributed by atoms with van der Waals surface area (Å²) in [4.78, 5) is 0. The molecule has 0 radical (unpaired) electrons. The molecule has 0 aromatic rings. The molecular formula is C16H32. The third-order valence-electron chi connectivity index (χ3n) is 4.48. The van der Waals surface area contributed by atoms with Crippen molar-refractivity contribution in [2.24, 2.45) is 23.7 Å². The van der Waals surface area contributed by atoms with E-state index in [1.165, 1.54) is 51.4 Å². The van der Waals surface area contributed by atoms with Crippen LogP contribution in [0, 0.1) is 23.7 Å². The van der Waals surface area contributed by atoms with Crippen LogP contribution in [0.2, 0.25) is 0 Å². The zero-order chi connectivity index (χ0) is 12.0. The standard InChI is InChI=1S/C16H32/c1-5-7-8-13(3)11-14(4)9-10-16-12-15(16)6-2/h13-16H,5-12H2,1-4H3. The van der Waals surface area contributed by atoms with E-state index >= 15 is 0 Å². The van der Waals surface area contributed by atoms with Gasteiger partial charge in [-0.25, -0.2) is 0 Å². The van der Waals surface area contributed by atoms with Crippen molar-refractivity contribution in [3.05, 3.63) is 0 Å². The second-order valence-corrected chi connectivity index (χ2v) is 6.33. The highest BCUT2D eigenvalue weighted by molar-refractivity contribution is 4.85. The van der Waals surface area contributed by atoms with Gasteiger partial charge in [-0.2, -0.15) is 0 Å². The Morgan fingerprint density at radius 2 is 1.69 bits per heavy atom. The Morgan fingerprint density at radius 1 is 1.00 bits per heavy atom. The molecule has 0 aliphatic heterocycles. The van der Waals surface area contributed by atoms with Crippen LogP contribution in [0.1, 0.15) is 79.1 Å². The van der Waals surface area contributed by atoms with Crippen LogP contribution in [0.4, 0.5) is 0 Å². The molecule has 1 aliphatic carbocycles. The minimum absolute atomic E-state index is 0.955. The van der Waals surface area contributed by atoms with Gasteiger partial charge < -0.3 is 0 Å². The van der Waals surface area contributed by atoms with E-state index in [4.69, 9.17) is 0 Å². The molecule has 16 heavy (non-hydrogen) atoms. The van der Waals surface area contributed by atoms with E-state index in [-0.39, 0.29) is 0 Å².